The molecule has 0 bridgehead atoms. The van der Waals surface area contributed by atoms with Gasteiger partial charge in [-0.2, -0.15) is 0 Å². The third-order valence-electron chi connectivity index (χ3n) is 9.44. The smallest absolute Gasteiger partial charge is 0.223 e. The molecule has 2 aliphatic carbocycles. The Balaban J connectivity index is 0.971. The van der Waals surface area contributed by atoms with E-state index in [-0.39, 0.29) is 11.8 Å². The summed E-state index contributed by atoms with van der Waals surface area (Å²) in [6, 6.07) is 6.24. The van der Waals surface area contributed by atoms with Crippen LogP contribution in [0.1, 0.15) is 108 Å². The van der Waals surface area contributed by atoms with E-state index in [0.717, 1.165) is 75.7 Å². The molecule has 4 aliphatic rings. The van der Waals surface area contributed by atoms with Crippen LogP contribution in [0.4, 0.5) is 0 Å². The average molecular weight is 527 g/mol. The number of carbonyl (C=O) groups is 1. The van der Waals surface area contributed by atoms with Crippen molar-refractivity contribution >= 4 is 5.91 Å². The summed E-state index contributed by atoms with van der Waals surface area (Å²) in [4.78, 5) is 14.8. The van der Waals surface area contributed by atoms with E-state index in [1.54, 1.807) is 7.11 Å². The lowest BCUT2D eigenvalue weighted by molar-refractivity contribution is -0.127. The van der Waals surface area contributed by atoms with Gasteiger partial charge in [-0.3, -0.25) is 4.79 Å². The van der Waals surface area contributed by atoms with Crippen LogP contribution in [0.15, 0.2) is 18.2 Å². The first-order valence-corrected chi connectivity index (χ1v) is 15.7. The van der Waals surface area contributed by atoms with Crippen LogP contribution in [-0.2, 0) is 9.53 Å². The van der Waals surface area contributed by atoms with Crippen molar-refractivity contribution in [2.45, 2.75) is 121 Å². The highest BCUT2D eigenvalue weighted by molar-refractivity contribution is 5.79. The summed E-state index contributed by atoms with van der Waals surface area (Å²) < 4.78 is 18.2. The molecule has 0 radical (unpaired) electrons. The number of benzene rings is 1. The van der Waals surface area contributed by atoms with Gasteiger partial charge in [-0.15, -0.1) is 0 Å². The van der Waals surface area contributed by atoms with Crippen molar-refractivity contribution in [3.63, 3.8) is 0 Å². The molecule has 2 saturated carbocycles. The SMILES string of the molecule is COc1ccc(C2CC(=O)N(CCCCCNCC3CCC(C4CCCCC4)O3)C2)cc1OC1CCCC1. The summed E-state index contributed by atoms with van der Waals surface area (Å²) in [5.74, 6) is 2.97. The Hall–Kier alpha value is -1.79. The zero-order chi connectivity index (χ0) is 26.2. The van der Waals surface area contributed by atoms with Crippen molar-refractivity contribution in [3.05, 3.63) is 23.8 Å². The Bertz CT molecular complexity index is 880. The van der Waals surface area contributed by atoms with Gasteiger partial charge in [0.25, 0.3) is 0 Å². The van der Waals surface area contributed by atoms with E-state index in [2.05, 4.69) is 22.3 Å². The number of amides is 1. The van der Waals surface area contributed by atoms with Crippen LogP contribution in [0.3, 0.4) is 0 Å². The quantitative estimate of drug-likeness (QED) is 0.309. The van der Waals surface area contributed by atoms with Crippen molar-refractivity contribution in [1.29, 1.82) is 0 Å². The molecule has 0 aromatic heterocycles. The number of hydrogen-bond donors (Lipinski definition) is 1. The fraction of sp³-hybridized carbons (Fsp3) is 0.781. The van der Waals surface area contributed by atoms with Gasteiger partial charge in [0.15, 0.2) is 11.5 Å². The maximum atomic E-state index is 12.7. The summed E-state index contributed by atoms with van der Waals surface area (Å²) in [6.07, 6.45) is 19.4. The largest absolute Gasteiger partial charge is 0.493 e. The predicted molar refractivity (Wildman–Crippen MR) is 151 cm³/mol. The molecule has 1 aromatic carbocycles. The highest BCUT2D eigenvalue weighted by Crippen LogP contribution is 2.37. The van der Waals surface area contributed by atoms with Gasteiger partial charge in [0.05, 0.1) is 25.4 Å². The number of methoxy groups -OCH3 is 1. The fourth-order valence-electron chi connectivity index (χ4n) is 7.17. The van der Waals surface area contributed by atoms with Crippen LogP contribution in [0.5, 0.6) is 11.5 Å². The molecule has 2 saturated heterocycles. The van der Waals surface area contributed by atoms with Gasteiger partial charge < -0.3 is 24.4 Å². The molecular formula is C32H50N2O4. The molecule has 38 heavy (non-hydrogen) atoms. The van der Waals surface area contributed by atoms with Gasteiger partial charge in [0.1, 0.15) is 0 Å². The first-order valence-electron chi connectivity index (χ1n) is 15.7. The second-order valence-corrected chi connectivity index (χ2v) is 12.2. The van der Waals surface area contributed by atoms with Crippen LogP contribution in [0.25, 0.3) is 0 Å². The van der Waals surface area contributed by atoms with Gasteiger partial charge in [-0.05, 0) is 94.4 Å². The van der Waals surface area contributed by atoms with E-state index in [1.165, 1.54) is 63.4 Å². The molecule has 1 amide bonds. The molecule has 3 unspecified atom stereocenters. The number of ether oxygens (including phenoxy) is 3. The number of hydrogen-bond acceptors (Lipinski definition) is 5. The topological polar surface area (TPSA) is 60.0 Å². The Morgan fingerprint density at radius 1 is 0.947 bits per heavy atom. The van der Waals surface area contributed by atoms with Crippen molar-refractivity contribution in [3.8, 4) is 11.5 Å². The van der Waals surface area contributed by atoms with Crippen molar-refractivity contribution < 1.29 is 19.0 Å². The van der Waals surface area contributed by atoms with Crippen LogP contribution < -0.4 is 14.8 Å². The maximum Gasteiger partial charge on any atom is 0.223 e. The summed E-state index contributed by atoms with van der Waals surface area (Å²) >= 11 is 0. The Labute approximate surface area is 230 Å². The standard InChI is InChI=1S/C32H50N2O4/c1-36-30-16-14-25(20-31(30)37-27-12-6-7-13-27)26-21-32(35)34(23-26)19-9-3-8-18-33-22-28-15-17-29(38-28)24-10-4-2-5-11-24/h14,16,20,24,26-29,33H,2-13,15,17-19,21-23H2,1H3. The lowest BCUT2D eigenvalue weighted by Gasteiger charge is -2.27. The highest BCUT2D eigenvalue weighted by Gasteiger charge is 2.32. The third kappa shape index (κ3) is 7.44. The number of nitrogens with one attached hydrogen (secondary N) is 1. The number of unbranched alkanes of at least 4 members (excludes halogenated alkanes) is 2. The summed E-state index contributed by atoms with van der Waals surface area (Å²) in [7, 11) is 1.70. The second kappa shape index (κ2) is 14.0. The normalized spacial score (nSPS) is 26.9. The molecule has 6 nitrogen and oxygen atoms in total. The van der Waals surface area contributed by atoms with Crippen molar-refractivity contribution in [1.82, 2.24) is 10.2 Å². The molecule has 1 aromatic rings. The molecule has 5 rings (SSSR count). The summed E-state index contributed by atoms with van der Waals surface area (Å²) in [5, 5.41) is 3.63. The van der Waals surface area contributed by atoms with Crippen molar-refractivity contribution in [2.24, 2.45) is 5.92 Å². The lowest BCUT2D eigenvalue weighted by atomic mass is 9.84. The first-order chi connectivity index (χ1) is 18.7. The zero-order valence-corrected chi connectivity index (χ0v) is 23.6. The van der Waals surface area contributed by atoms with Crippen LogP contribution in [0.2, 0.25) is 0 Å². The molecule has 1 N–H and O–H groups in total. The number of carbonyl (C=O) groups excluding carboxylic acids is 1. The van der Waals surface area contributed by atoms with Crippen LogP contribution >= 0.6 is 0 Å². The van der Waals surface area contributed by atoms with Gasteiger partial charge in [-0.25, -0.2) is 0 Å². The minimum absolute atomic E-state index is 0.241. The molecule has 0 spiro atoms. The number of nitrogens with zero attached hydrogens (tertiary/aromatic N) is 1. The van der Waals surface area contributed by atoms with Crippen molar-refractivity contribution in [2.75, 3.05) is 33.3 Å². The van der Waals surface area contributed by atoms with E-state index in [0.29, 0.717) is 24.7 Å². The molecule has 2 aliphatic heterocycles. The van der Waals surface area contributed by atoms with Gasteiger partial charge in [-0.1, -0.05) is 31.7 Å². The van der Waals surface area contributed by atoms with E-state index in [9.17, 15) is 4.79 Å². The third-order valence-corrected chi connectivity index (χ3v) is 9.44. The summed E-state index contributed by atoms with van der Waals surface area (Å²) in [6.45, 7) is 3.71. The van der Waals surface area contributed by atoms with E-state index < -0.39 is 0 Å². The number of likely N-dealkylation sites (tertiary alicyclic amines) is 1. The van der Waals surface area contributed by atoms with E-state index in [1.807, 2.05) is 6.07 Å². The Morgan fingerprint density at radius 2 is 1.76 bits per heavy atom. The maximum absolute atomic E-state index is 12.7. The van der Waals surface area contributed by atoms with Gasteiger partial charge >= 0.3 is 0 Å². The van der Waals surface area contributed by atoms with E-state index in [4.69, 9.17) is 14.2 Å². The second-order valence-electron chi connectivity index (χ2n) is 12.2. The fourth-order valence-corrected chi connectivity index (χ4v) is 7.17. The monoisotopic (exact) mass is 526 g/mol. The summed E-state index contributed by atoms with van der Waals surface area (Å²) in [5.41, 5.74) is 1.19. The number of rotatable bonds is 13. The molecule has 3 atom stereocenters. The average Bonchev–Trinajstić information content (AvgIpc) is 3.71. The predicted octanol–water partition coefficient (Wildman–Crippen LogP) is 6.22. The van der Waals surface area contributed by atoms with Crippen LogP contribution in [0, 0.1) is 5.92 Å². The lowest BCUT2D eigenvalue weighted by Crippen LogP contribution is -2.30. The van der Waals surface area contributed by atoms with E-state index >= 15 is 0 Å². The minimum Gasteiger partial charge on any atom is -0.493 e. The zero-order valence-electron chi connectivity index (χ0n) is 23.6. The van der Waals surface area contributed by atoms with Crippen LogP contribution in [-0.4, -0.2) is 62.4 Å². The first kappa shape index (κ1) is 27.8. The molecule has 4 fully saturated rings. The molecule has 212 valence electrons. The van der Waals surface area contributed by atoms with Gasteiger partial charge in [0.2, 0.25) is 5.91 Å². The molecule has 6 heteroatoms. The highest BCUT2D eigenvalue weighted by atomic mass is 16.5. The van der Waals surface area contributed by atoms with Gasteiger partial charge in [0, 0.05) is 32.0 Å². The Morgan fingerprint density at radius 3 is 2.58 bits per heavy atom. The molecular weight excluding hydrogens is 476 g/mol. The molecule has 2 heterocycles. The Kier molecular flexibility index (Phi) is 10.2. The minimum atomic E-state index is 0.241.